The van der Waals surface area contributed by atoms with Crippen molar-refractivity contribution in [2.24, 2.45) is 11.8 Å². The molecule has 144 valence electrons. The molecule has 0 aromatic carbocycles. The molecule has 4 rings (SSSR count). The van der Waals surface area contributed by atoms with Crippen LogP contribution in [0, 0.1) is 11.8 Å². The summed E-state index contributed by atoms with van der Waals surface area (Å²) in [5.74, 6) is -0.615. The van der Waals surface area contributed by atoms with Crippen molar-refractivity contribution in [1.29, 1.82) is 0 Å². The van der Waals surface area contributed by atoms with Gasteiger partial charge in [-0.1, -0.05) is 0 Å². The summed E-state index contributed by atoms with van der Waals surface area (Å²) in [5, 5.41) is 0. The molecule has 0 N–H and O–H groups in total. The second kappa shape index (κ2) is 6.81. The summed E-state index contributed by atoms with van der Waals surface area (Å²) < 4.78 is 11.4. The van der Waals surface area contributed by atoms with Gasteiger partial charge in [-0.05, 0) is 6.42 Å². The minimum absolute atomic E-state index is 0.0506. The van der Waals surface area contributed by atoms with E-state index in [4.69, 9.17) is 9.47 Å². The van der Waals surface area contributed by atoms with Crippen LogP contribution in [0.4, 0.5) is 0 Å². The standard InChI is InChI=1S/C18H27N3O5/c1-13(22)19-6-8-21(9-7-19)17(24)15-12-14(15)16(23)20-4-2-18(3-5-20)25-10-11-26-18/h14-15H,2-12H2,1H3. The third-order valence-electron chi connectivity index (χ3n) is 6.11. The second-order valence-electron chi connectivity index (χ2n) is 7.71. The number of carbonyl (C=O) groups excluding carboxylic acids is 3. The molecule has 3 aliphatic heterocycles. The molecule has 4 fully saturated rings. The average molecular weight is 365 g/mol. The van der Waals surface area contributed by atoms with Gasteiger partial charge >= 0.3 is 0 Å². The number of piperidine rings is 1. The Kier molecular flexibility index (Phi) is 4.64. The summed E-state index contributed by atoms with van der Waals surface area (Å²) in [7, 11) is 0. The predicted molar refractivity (Wildman–Crippen MR) is 90.9 cm³/mol. The van der Waals surface area contributed by atoms with Crippen LogP contribution in [0.25, 0.3) is 0 Å². The monoisotopic (exact) mass is 365 g/mol. The molecule has 0 aromatic heterocycles. The lowest BCUT2D eigenvalue weighted by Crippen LogP contribution is -2.51. The zero-order valence-electron chi connectivity index (χ0n) is 15.3. The topological polar surface area (TPSA) is 79.4 Å². The highest BCUT2D eigenvalue weighted by molar-refractivity contribution is 5.92. The van der Waals surface area contributed by atoms with E-state index in [9.17, 15) is 14.4 Å². The van der Waals surface area contributed by atoms with Crippen LogP contribution in [0.3, 0.4) is 0 Å². The predicted octanol–water partition coefficient (Wildman–Crippen LogP) is -0.321. The van der Waals surface area contributed by atoms with E-state index in [0.717, 1.165) is 0 Å². The molecular weight excluding hydrogens is 338 g/mol. The van der Waals surface area contributed by atoms with E-state index in [1.54, 1.807) is 11.8 Å². The van der Waals surface area contributed by atoms with Crippen LogP contribution in [-0.2, 0) is 23.9 Å². The number of amides is 3. The fraction of sp³-hybridized carbons (Fsp3) is 0.833. The van der Waals surface area contributed by atoms with E-state index in [1.807, 2.05) is 9.80 Å². The van der Waals surface area contributed by atoms with E-state index < -0.39 is 5.79 Å². The normalized spacial score (nSPS) is 30.6. The zero-order chi connectivity index (χ0) is 18.3. The first kappa shape index (κ1) is 17.7. The first-order chi connectivity index (χ1) is 12.5. The Hall–Kier alpha value is -1.67. The number of nitrogens with zero attached hydrogens (tertiary/aromatic N) is 3. The molecule has 1 saturated carbocycles. The lowest BCUT2D eigenvalue weighted by molar-refractivity contribution is -0.187. The van der Waals surface area contributed by atoms with Crippen LogP contribution in [0.2, 0.25) is 0 Å². The highest BCUT2D eigenvalue weighted by Crippen LogP contribution is 2.42. The third kappa shape index (κ3) is 3.32. The molecule has 4 aliphatic rings. The van der Waals surface area contributed by atoms with Gasteiger partial charge in [0.1, 0.15) is 0 Å². The molecule has 3 heterocycles. The second-order valence-corrected chi connectivity index (χ2v) is 7.71. The van der Waals surface area contributed by atoms with Crippen molar-refractivity contribution in [3.8, 4) is 0 Å². The molecule has 0 aromatic rings. The van der Waals surface area contributed by atoms with Gasteiger partial charge in [-0.2, -0.15) is 0 Å². The Balaban J connectivity index is 1.25. The zero-order valence-corrected chi connectivity index (χ0v) is 15.3. The number of carbonyl (C=O) groups is 3. The van der Waals surface area contributed by atoms with Crippen molar-refractivity contribution in [2.75, 3.05) is 52.5 Å². The summed E-state index contributed by atoms with van der Waals surface area (Å²) in [6.07, 6.45) is 2.06. The molecule has 8 nitrogen and oxygen atoms in total. The van der Waals surface area contributed by atoms with Gasteiger partial charge in [0, 0.05) is 59.0 Å². The molecule has 0 bridgehead atoms. The van der Waals surface area contributed by atoms with Gasteiger partial charge < -0.3 is 24.2 Å². The number of ether oxygens (including phenoxy) is 2. The summed E-state index contributed by atoms with van der Waals surface area (Å²) in [4.78, 5) is 42.2. The number of likely N-dealkylation sites (tertiary alicyclic amines) is 1. The summed E-state index contributed by atoms with van der Waals surface area (Å²) in [5.41, 5.74) is 0. The minimum atomic E-state index is -0.480. The fourth-order valence-corrected chi connectivity index (χ4v) is 4.31. The number of hydrogen-bond acceptors (Lipinski definition) is 5. The van der Waals surface area contributed by atoms with E-state index >= 15 is 0 Å². The maximum Gasteiger partial charge on any atom is 0.226 e. The number of piperazine rings is 1. The van der Waals surface area contributed by atoms with Crippen LogP contribution in [0.15, 0.2) is 0 Å². The molecule has 1 spiro atoms. The van der Waals surface area contributed by atoms with E-state index in [1.165, 1.54) is 0 Å². The van der Waals surface area contributed by atoms with Crippen molar-refractivity contribution in [3.63, 3.8) is 0 Å². The van der Waals surface area contributed by atoms with Gasteiger partial charge in [0.15, 0.2) is 5.79 Å². The highest BCUT2D eigenvalue weighted by atomic mass is 16.7. The molecule has 3 amide bonds. The molecule has 0 radical (unpaired) electrons. The third-order valence-corrected chi connectivity index (χ3v) is 6.11. The quantitative estimate of drug-likeness (QED) is 0.670. The molecule has 26 heavy (non-hydrogen) atoms. The lowest BCUT2D eigenvalue weighted by Gasteiger charge is -2.37. The van der Waals surface area contributed by atoms with Crippen molar-refractivity contribution in [1.82, 2.24) is 14.7 Å². The first-order valence-electron chi connectivity index (χ1n) is 9.60. The van der Waals surface area contributed by atoms with Gasteiger partial charge in [-0.25, -0.2) is 0 Å². The molecule has 2 unspecified atom stereocenters. The minimum Gasteiger partial charge on any atom is -0.347 e. The van der Waals surface area contributed by atoms with Crippen molar-refractivity contribution < 1.29 is 23.9 Å². The maximum absolute atomic E-state index is 12.7. The van der Waals surface area contributed by atoms with Gasteiger partial charge in [0.05, 0.1) is 25.0 Å². The van der Waals surface area contributed by atoms with Crippen molar-refractivity contribution >= 4 is 17.7 Å². The number of hydrogen-bond donors (Lipinski definition) is 0. The van der Waals surface area contributed by atoms with Crippen LogP contribution in [0.5, 0.6) is 0 Å². The van der Waals surface area contributed by atoms with Gasteiger partial charge in [0.2, 0.25) is 17.7 Å². The van der Waals surface area contributed by atoms with Gasteiger partial charge in [-0.15, -0.1) is 0 Å². The number of rotatable bonds is 2. The van der Waals surface area contributed by atoms with E-state index in [-0.39, 0.29) is 29.6 Å². The van der Waals surface area contributed by atoms with E-state index in [0.29, 0.717) is 71.7 Å². The van der Waals surface area contributed by atoms with E-state index in [2.05, 4.69) is 0 Å². The summed E-state index contributed by atoms with van der Waals surface area (Å²) >= 11 is 0. The summed E-state index contributed by atoms with van der Waals surface area (Å²) in [6, 6.07) is 0. The Morgan fingerprint density at radius 1 is 0.769 bits per heavy atom. The smallest absolute Gasteiger partial charge is 0.226 e. The van der Waals surface area contributed by atoms with Crippen LogP contribution >= 0.6 is 0 Å². The van der Waals surface area contributed by atoms with Crippen molar-refractivity contribution in [2.45, 2.75) is 32.0 Å². The molecule has 2 atom stereocenters. The average Bonchev–Trinajstić information content (AvgIpc) is 3.34. The first-order valence-corrected chi connectivity index (χ1v) is 9.60. The summed E-state index contributed by atoms with van der Waals surface area (Å²) in [6.45, 7) is 6.38. The van der Waals surface area contributed by atoms with Crippen molar-refractivity contribution in [3.05, 3.63) is 0 Å². The van der Waals surface area contributed by atoms with Crippen LogP contribution in [0.1, 0.15) is 26.2 Å². The maximum atomic E-state index is 12.7. The van der Waals surface area contributed by atoms with Gasteiger partial charge in [-0.3, -0.25) is 14.4 Å². The Morgan fingerprint density at radius 3 is 1.73 bits per heavy atom. The van der Waals surface area contributed by atoms with Gasteiger partial charge in [0.25, 0.3) is 0 Å². The Morgan fingerprint density at radius 2 is 1.23 bits per heavy atom. The largest absolute Gasteiger partial charge is 0.347 e. The fourth-order valence-electron chi connectivity index (χ4n) is 4.31. The Bertz CT molecular complexity index is 586. The lowest BCUT2D eigenvalue weighted by atomic mass is 10.0. The highest BCUT2D eigenvalue weighted by Gasteiger charge is 2.52. The van der Waals surface area contributed by atoms with Crippen LogP contribution < -0.4 is 0 Å². The molecule has 3 saturated heterocycles. The SMILES string of the molecule is CC(=O)N1CCN(C(=O)C2CC2C(=O)N2CCC3(CC2)OCCO3)CC1. The Labute approximate surface area is 153 Å². The van der Waals surface area contributed by atoms with Crippen LogP contribution in [-0.4, -0.2) is 90.7 Å². The molecule has 8 heteroatoms. The molecular formula is C18H27N3O5. The molecule has 1 aliphatic carbocycles.